The van der Waals surface area contributed by atoms with Crippen molar-refractivity contribution in [1.82, 2.24) is 0 Å². The van der Waals surface area contributed by atoms with Gasteiger partial charge in [-0.3, -0.25) is 4.79 Å². The van der Waals surface area contributed by atoms with Crippen LogP contribution >= 0.6 is 0 Å². The number of esters is 1. The van der Waals surface area contributed by atoms with Crippen LogP contribution in [0.15, 0.2) is 0 Å². The van der Waals surface area contributed by atoms with E-state index in [0.29, 0.717) is 0 Å². The third kappa shape index (κ3) is 1.78. The maximum absolute atomic E-state index is 11.7. The molecule has 1 aliphatic heterocycles. The number of carbonyl (C=O) groups is 2. The molecule has 0 aliphatic carbocycles. The van der Waals surface area contributed by atoms with Crippen molar-refractivity contribution < 1.29 is 22.7 Å². The van der Waals surface area contributed by atoms with Crippen LogP contribution in [0.5, 0.6) is 0 Å². The highest BCUT2D eigenvalue weighted by molar-refractivity contribution is 7.94. The average molecular weight is 234 g/mol. The first-order valence-corrected chi connectivity index (χ1v) is 6.44. The van der Waals surface area contributed by atoms with Crippen molar-refractivity contribution >= 4 is 21.6 Å². The van der Waals surface area contributed by atoms with Crippen LogP contribution in [-0.2, 0) is 24.2 Å². The third-order valence-electron chi connectivity index (χ3n) is 2.64. The molecule has 1 unspecified atom stereocenters. The van der Waals surface area contributed by atoms with E-state index in [-0.39, 0.29) is 25.2 Å². The average Bonchev–Trinajstić information content (AvgIpc) is 2.14. The lowest BCUT2D eigenvalue weighted by Crippen LogP contribution is -2.55. The summed E-state index contributed by atoms with van der Waals surface area (Å²) >= 11 is 0. The lowest BCUT2D eigenvalue weighted by atomic mass is 10.0. The van der Waals surface area contributed by atoms with Gasteiger partial charge in [0.15, 0.2) is 15.6 Å². The van der Waals surface area contributed by atoms with Crippen LogP contribution in [0.3, 0.4) is 0 Å². The van der Waals surface area contributed by atoms with E-state index < -0.39 is 26.3 Å². The Kier molecular flexibility index (Phi) is 3.18. The highest BCUT2D eigenvalue weighted by atomic mass is 32.2. The van der Waals surface area contributed by atoms with E-state index in [1.165, 1.54) is 0 Å². The molecule has 0 aromatic rings. The molecule has 0 amide bonds. The van der Waals surface area contributed by atoms with Crippen molar-refractivity contribution in [2.75, 3.05) is 12.4 Å². The molecular weight excluding hydrogens is 220 g/mol. The second-order valence-corrected chi connectivity index (χ2v) is 6.05. The molecule has 1 saturated heterocycles. The Bertz CT molecular complexity index is 383. The minimum Gasteiger partial charge on any atom is -0.464 e. The smallest absolute Gasteiger partial charge is 0.334 e. The van der Waals surface area contributed by atoms with E-state index in [1.807, 2.05) is 0 Å². The molecule has 1 rings (SSSR count). The monoisotopic (exact) mass is 234 g/mol. The van der Waals surface area contributed by atoms with Crippen molar-refractivity contribution in [3.63, 3.8) is 0 Å². The Balaban J connectivity index is 3.15. The molecular formula is C9H14O5S. The maximum atomic E-state index is 11.7. The summed E-state index contributed by atoms with van der Waals surface area (Å²) in [4.78, 5) is 23.1. The van der Waals surface area contributed by atoms with Crippen molar-refractivity contribution in [1.29, 1.82) is 0 Å². The first-order valence-electron chi connectivity index (χ1n) is 4.79. The van der Waals surface area contributed by atoms with Crippen molar-refractivity contribution in [3.05, 3.63) is 0 Å². The summed E-state index contributed by atoms with van der Waals surface area (Å²) in [6, 6.07) is 0. The van der Waals surface area contributed by atoms with Gasteiger partial charge in [-0.1, -0.05) is 0 Å². The molecule has 0 saturated carbocycles. The van der Waals surface area contributed by atoms with E-state index in [0.717, 1.165) is 6.92 Å². The minimum absolute atomic E-state index is 0.0667. The van der Waals surface area contributed by atoms with Gasteiger partial charge < -0.3 is 4.74 Å². The van der Waals surface area contributed by atoms with Crippen molar-refractivity contribution in [3.8, 4) is 0 Å². The Morgan fingerprint density at radius 2 is 2.13 bits per heavy atom. The number of sulfone groups is 1. The standard InChI is InChI=1S/C9H14O5S/c1-3-14-8(11)9(2)7(10)5-4-6-15(9,12)13/h3-6H2,1-2H3. The molecule has 1 fully saturated rings. The van der Waals surface area contributed by atoms with Gasteiger partial charge in [0.25, 0.3) is 0 Å². The van der Waals surface area contributed by atoms with Crippen LogP contribution < -0.4 is 0 Å². The molecule has 0 aromatic heterocycles. The van der Waals surface area contributed by atoms with Gasteiger partial charge >= 0.3 is 5.97 Å². The highest BCUT2D eigenvalue weighted by Gasteiger charge is 2.55. The largest absolute Gasteiger partial charge is 0.464 e. The number of rotatable bonds is 2. The maximum Gasteiger partial charge on any atom is 0.334 e. The molecule has 0 radical (unpaired) electrons. The molecule has 1 atom stereocenters. The van der Waals surface area contributed by atoms with Gasteiger partial charge in [-0.15, -0.1) is 0 Å². The van der Waals surface area contributed by atoms with E-state index in [1.54, 1.807) is 6.92 Å². The normalized spacial score (nSPS) is 29.9. The zero-order valence-corrected chi connectivity index (χ0v) is 9.59. The van der Waals surface area contributed by atoms with Gasteiger partial charge in [-0.05, 0) is 20.3 Å². The molecule has 15 heavy (non-hydrogen) atoms. The Hall–Kier alpha value is -0.910. The summed E-state index contributed by atoms with van der Waals surface area (Å²) in [5, 5.41) is 0. The van der Waals surface area contributed by atoms with Crippen LogP contribution in [0.1, 0.15) is 26.7 Å². The Labute approximate surface area is 88.7 Å². The van der Waals surface area contributed by atoms with Crippen LogP contribution in [0, 0.1) is 0 Å². The Morgan fingerprint density at radius 3 is 2.60 bits per heavy atom. The first kappa shape index (κ1) is 12.2. The van der Waals surface area contributed by atoms with Gasteiger partial charge in [-0.25, -0.2) is 13.2 Å². The van der Waals surface area contributed by atoms with Crippen LogP contribution in [0.25, 0.3) is 0 Å². The van der Waals surface area contributed by atoms with Gasteiger partial charge in [0, 0.05) is 6.42 Å². The van der Waals surface area contributed by atoms with Gasteiger partial charge in [0.05, 0.1) is 12.4 Å². The quantitative estimate of drug-likeness (QED) is 0.499. The van der Waals surface area contributed by atoms with Gasteiger partial charge in [-0.2, -0.15) is 0 Å². The van der Waals surface area contributed by atoms with E-state index in [2.05, 4.69) is 4.74 Å². The zero-order valence-electron chi connectivity index (χ0n) is 8.78. The molecule has 1 heterocycles. The molecule has 6 heteroatoms. The molecule has 0 N–H and O–H groups in total. The molecule has 5 nitrogen and oxygen atoms in total. The number of ether oxygens (including phenoxy) is 1. The molecule has 1 aliphatic rings. The lowest BCUT2D eigenvalue weighted by molar-refractivity contribution is -0.149. The second-order valence-electron chi connectivity index (χ2n) is 3.60. The highest BCUT2D eigenvalue weighted by Crippen LogP contribution is 2.28. The zero-order chi connectivity index (χ0) is 11.7. The first-order chi connectivity index (χ1) is 6.86. The van der Waals surface area contributed by atoms with Crippen LogP contribution in [0.4, 0.5) is 0 Å². The molecule has 0 spiro atoms. The number of hydrogen-bond donors (Lipinski definition) is 0. The molecule has 0 bridgehead atoms. The number of hydrogen-bond acceptors (Lipinski definition) is 5. The summed E-state index contributed by atoms with van der Waals surface area (Å²) in [6.07, 6.45) is 0.407. The van der Waals surface area contributed by atoms with E-state index >= 15 is 0 Å². The lowest BCUT2D eigenvalue weighted by Gasteiger charge is -2.29. The summed E-state index contributed by atoms with van der Waals surface area (Å²) in [5.41, 5.74) is 0. The molecule has 0 aromatic carbocycles. The topological polar surface area (TPSA) is 77.5 Å². The number of ketones is 1. The number of Topliss-reactive ketones (excluding diaryl/α,β-unsaturated/α-hetero) is 1. The fourth-order valence-electron chi connectivity index (χ4n) is 1.55. The predicted octanol–water partition coefficient (Wildman–Crippen LogP) is 0.0859. The van der Waals surface area contributed by atoms with E-state index in [9.17, 15) is 18.0 Å². The van der Waals surface area contributed by atoms with E-state index in [4.69, 9.17) is 0 Å². The summed E-state index contributed by atoms with van der Waals surface area (Å²) < 4.78 is 26.1. The summed E-state index contributed by atoms with van der Waals surface area (Å²) in [7, 11) is -3.72. The van der Waals surface area contributed by atoms with Gasteiger partial charge in [0.2, 0.25) is 4.75 Å². The van der Waals surface area contributed by atoms with Gasteiger partial charge in [0.1, 0.15) is 0 Å². The van der Waals surface area contributed by atoms with Crippen molar-refractivity contribution in [2.45, 2.75) is 31.4 Å². The van der Waals surface area contributed by atoms with Crippen LogP contribution in [0.2, 0.25) is 0 Å². The predicted molar refractivity (Wildman–Crippen MR) is 53.1 cm³/mol. The second kappa shape index (κ2) is 3.92. The van der Waals surface area contributed by atoms with Crippen molar-refractivity contribution in [2.24, 2.45) is 0 Å². The fraction of sp³-hybridized carbons (Fsp3) is 0.778. The molecule has 86 valence electrons. The number of carbonyl (C=O) groups excluding carboxylic acids is 2. The summed E-state index contributed by atoms with van der Waals surface area (Å²) in [5.74, 6) is -1.64. The minimum atomic E-state index is -3.72. The third-order valence-corrected chi connectivity index (χ3v) is 5.10. The SMILES string of the molecule is CCOC(=O)C1(C)C(=O)CCCS1(=O)=O. The van der Waals surface area contributed by atoms with Crippen LogP contribution in [-0.4, -0.2) is 37.3 Å². The Morgan fingerprint density at radius 1 is 1.53 bits per heavy atom. The fourth-order valence-corrected chi connectivity index (χ4v) is 3.24. The summed E-state index contributed by atoms with van der Waals surface area (Å²) in [6.45, 7) is 2.78.